The van der Waals surface area contributed by atoms with Crippen molar-refractivity contribution >= 4 is 0 Å². The molecule has 2 rings (SSSR count). The van der Waals surface area contributed by atoms with Gasteiger partial charge in [0, 0.05) is 11.8 Å². The van der Waals surface area contributed by atoms with E-state index in [1.807, 2.05) is 12.3 Å². The number of hydrogen-bond donors (Lipinski definition) is 0. The molecule has 0 spiro atoms. The fraction of sp³-hybridized carbons (Fsp3) is 0.524. The molecule has 2 aromatic rings. The zero-order chi connectivity index (χ0) is 17.9. The van der Waals surface area contributed by atoms with Crippen molar-refractivity contribution in [3.05, 3.63) is 47.2 Å². The SMILES string of the molecule is CCc1nc(C(C)C)cnc1-c1ccc(F)cc1C(C)(CC)CC. The van der Waals surface area contributed by atoms with Crippen LogP contribution in [0.5, 0.6) is 0 Å². The Morgan fingerprint density at radius 1 is 1.12 bits per heavy atom. The zero-order valence-corrected chi connectivity index (χ0v) is 15.8. The molecule has 0 atom stereocenters. The molecule has 24 heavy (non-hydrogen) atoms. The van der Waals surface area contributed by atoms with E-state index in [1.165, 1.54) is 6.07 Å². The second-order valence-corrected chi connectivity index (χ2v) is 7.06. The molecule has 0 bridgehead atoms. The Labute approximate surface area is 145 Å². The molecule has 1 heterocycles. The molecule has 0 aliphatic rings. The molecular formula is C21H29FN2. The minimum Gasteiger partial charge on any atom is -0.254 e. The number of hydrogen-bond acceptors (Lipinski definition) is 2. The number of aryl methyl sites for hydroxylation is 1. The van der Waals surface area contributed by atoms with E-state index in [0.29, 0.717) is 5.92 Å². The smallest absolute Gasteiger partial charge is 0.123 e. The van der Waals surface area contributed by atoms with Crippen LogP contribution in [0, 0.1) is 5.82 Å². The third-order valence-corrected chi connectivity index (χ3v) is 5.24. The number of halogens is 1. The summed E-state index contributed by atoms with van der Waals surface area (Å²) in [4.78, 5) is 9.54. The van der Waals surface area contributed by atoms with Gasteiger partial charge in [-0.1, -0.05) is 41.5 Å². The van der Waals surface area contributed by atoms with Crippen molar-refractivity contribution in [2.45, 2.75) is 72.1 Å². The summed E-state index contributed by atoms with van der Waals surface area (Å²) in [6.45, 7) is 12.9. The summed E-state index contributed by atoms with van der Waals surface area (Å²) in [6.07, 6.45) is 4.59. The minimum absolute atomic E-state index is 0.0686. The van der Waals surface area contributed by atoms with Crippen molar-refractivity contribution in [2.75, 3.05) is 0 Å². The van der Waals surface area contributed by atoms with Crippen LogP contribution in [0.15, 0.2) is 24.4 Å². The predicted molar refractivity (Wildman–Crippen MR) is 98.8 cm³/mol. The highest BCUT2D eigenvalue weighted by Gasteiger charge is 2.27. The van der Waals surface area contributed by atoms with E-state index in [2.05, 4.69) is 41.5 Å². The highest BCUT2D eigenvalue weighted by Crippen LogP contribution is 2.38. The first-order valence-corrected chi connectivity index (χ1v) is 9.02. The Hall–Kier alpha value is -1.77. The van der Waals surface area contributed by atoms with Crippen LogP contribution in [-0.4, -0.2) is 9.97 Å². The van der Waals surface area contributed by atoms with Crippen LogP contribution >= 0.6 is 0 Å². The van der Waals surface area contributed by atoms with Gasteiger partial charge in [-0.2, -0.15) is 0 Å². The van der Waals surface area contributed by atoms with Gasteiger partial charge >= 0.3 is 0 Å². The van der Waals surface area contributed by atoms with Gasteiger partial charge in [-0.15, -0.1) is 0 Å². The van der Waals surface area contributed by atoms with Gasteiger partial charge < -0.3 is 0 Å². The van der Waals surface area contributed by atoms with E-state index in [9.17, 15) is 4.39 Å². The number of benzene rings is 1. The lowest BCUT2D eigenvalue weighted by molar-refractivity contribution is 0.437. The van der Waals surface area contributed by atoms with E-state index >= 15 is 0 Å². The molecular weight excluding hydrogens is 299 g/mol. The summed E-state index contributed by atoms with van der Waals surface area (Å²) in [6, 6.07) is 5.08. The summed E-state index contributed by atoms with van der Waals surface area (Å²) in [7, 11) is 0. The van der Waals surface area contributed by atoms with E-state index in [-0.39, 0.29) is 11.2 Å². The molecule has 1 aromatic heterocycles. The second-order valence-electron chi connectivity index (χ2n) is 7.06. The Balaban J connectivity index is 2.69. The topological polar surface area (TPSA) is 25.8 Å². The van der Waals surface area contributed by atoms with E-state index < -0.39 is 0 Å². The van der Waals surface area contributed by atoms with Crippen molar-refractivity contribution in [1.29, 1.82) is 0 Å². The predicted octanol–water partition coefficient (Wildman–Crippen LogP) is 6.05. The van der Waals surface area contributed by atoms with Crippen molar-refractivity contribution in [1.82, 2.24) is 9.97 Å². The van der Waals surface area contributed by atoms with E-state index in [1.54, 1.807) is 6.07 Å². The van der Waals surface area contributed by atoms with Gasteiger partial charge in [0.05, 0.1) is 17.1 Å². The molecule has 0 aliphatic carbocycles. The fourth-order valence-corrected chi connectivity index (χ4v) is 3.05. The first-order valence-electron chi connectivity index (χ1n) is 9.02. The molecule has 0 N–H and O–H groups in total. The lowest BCUT2D eigenvalue weighted by atomic mass is 9.75. The Morgan fingerprint density at radius 2 is 1.79 bits per heavy atom. The maximum atomic E-state index is 14.0. The Kier molecular flexibility index (Phi) is 5.74. The van der Waals surface area contributed by atoms with E-state index in [0.717, 1.165) is 47.5 Å². The first kappa shape index (κ1) is 18.6. The van der Waals surface area contributed by atoms with Crippen molar-refractivity contribution < 1.29 is 4.39 Å². The van der Waals surface area contributed by atoms with Crippen molar-refractivity contribution in [3.63, 3.8) is 0 Å². The molecule has 2 nitrogen and oxygen atoms in total. The number of nitrogens with zero attached hydrogens (tertiary/aromatic N) is 2. The highest BCUT2D eigenvalue weighted by atomic mass is 19.1. The Bertz CT molecular complexity index is 703. The molecule has 0 aliphatic heterocycles. The van der Waals surface area contributed by atoms with Gasteiger partial charge in [0.15, 0.2) is 0 Å². The molecule has 0 saturated heterocycles. The van der Waals surface area contributed by atoms with Crippen molar-refractivity contribution in [3.8, 4) is 11.3 Å². The summed E-state index contributed by atoms with van der Waals surface area (Å²) < 4.78 is 14.0. The van der Waals surface area contributed by atoms with Gasteiger partial charge in [-0.05, 0) is 54.4 Å². The minimum atomic E-state index is -0.188. The third kappa shape index (κ3) is 3.50. The third-order valence-electron chi connectivity index (χ3n) is 5.24. The van der Waals surface area contributed by atoms with Gasteiger partial charge in [0.2, 0.25) is 0 Å². The first-order chi connectivity index (χ1) is 11.4. The van der Waals surface area contributed by atoms with Crippen LogP contribution < -0.4 is 0 Å². The quantitative estimate of drug-likeness (QED) is 0.645. The maximum Gasteiger partial charge on any atom is 0.123 e. The van der Waals surface area contributed by atoms with Gasteiger partial charge in [0.25, 0.3) is 0 Å². The highest BCUT2D eigenvalue weighted by molar-refractivity contribution is 5.67. The Morgan fingerprint density at radius 3 is 2.33 bits per heavy atom. The van der Waals surface area contributed by atoms with Gasteiger partial charge in [0.1, 0.15) is 5.82 Å². The summed E-state index contributed by atoms with van der Waals surface area (Å²) in [5.41, 5.74) is 4.87. The van der Waals surface area contributed by atoms with Gasteiger partial charge in [-0.3, -0.25) is 9.97 Å². The largest absolute Gasteiger partial charge is 0.254 e. The molecule has 1 aromatic carbocycles. The average Bonchev–Trinajstić information content (AvgIpc) is 2.60. The normalized spacial score (nSPS) is 12.0. The molecule has 0 saturated carbocycles. The molecule has 3 heteroatoms. The average molecular weight is 328 g/mol. The summed E-state index contributed by atoms with van der Waals surface area (Å²) >= 11 is 0. The zero-order valence-electron chi connectivity index (χ0n) is 15.8. The second kappa shape index (κ2) is 7.42. The number of aromatic nitrogens is 2. The number of rotatable bonds is 6. The van der Waals surface area contributed by atoms with Crippen LogP contribution in [0.4, 0.5) is 4.39 Å². The maximum absolute atomic E-state index is 14.0. The monoisotopic (exact) mass is 328 g/mol. The lowest BCUT2D eigenvalue weighted by Gasteiger charge is -2.30. The lowest BCUT2D eigenvalue weighted by Crippen LogP contribution is -2.21. The van der Waals surface area contributed by atoms with Crippen molar-refractivity contribution in [2.24, 2.45) is 0 Å². The van der Waals surface area contributed by atoms with Crippen LogP contribution in [-0.2, 0) is 11.8 Å². The molecule has 0 amide bonds. The van der Waals surface area contributed by atoms with Crippen LogP contribution in [0.1, 0.15) is 77.3 Å². The van der Waals surface area contributed by atoms with Gasteiger partial charge in [-0.25, -0.2) is 4.39 Å². The standard InChI is InChI=1S/C21H29FN2/c1-7-18-20(23-13-19(24-18)14(4)5)16-11-10-15(22)12-17(16)21(6,8-2)9-3/h10-14H,7-9H2,1-6H3. The fourth-order valence-electron chi connectivity index (χ4n) is 3.05. The van der Waals surface area contributed by atoms with Crippen LogP contribution in [0.25, 0.3) is 11.3 Å². The van der Waals surface area contributed by atoms with E-state index in [4.69, 9.17) is 9.97 Å². The molecule has 0 unspecified atom stereocenters. The molecule has 130 valence electrons. The van der Waals surface area contributed by atoms with Crippen LogP contribution in [0.3, 0.4) is 0 Å². The summed E-state index contributed by atoms with van der Waals surface area (Å²) in [5, 5.41) is 0. The molecule has 0 fully saturated rings. The molecule has 0 radical (unpaired) electrons. The van der Waals surface area contributed by atoms with Crippen LogP contribution in [0.2, 0.25) is 0 Å². The summed E-state index contributed by atoms with van der Waals surface area (Å²) in [5.74, 6) is 0.160.